The zero-order valence-corrected chi connectivity index (χ0v) is 15.6. The summed E-state index contributed by atoms with van der Waals surface area (Å²) in [4.78, 5) is 16.6. The lowest BCUT2D eigenvalue weighted by atomic mass is 10.2. The summed E-state index contributed by atoms with van der Waals surface area (Å²) in [7, 11) is 4.53. The zero-order valence-electron chi connectivity index (χ0n) is 12.6. The van der Waals surface area contributed by atoms with Crippen LogP contribution in [0.4, 0.5) is 5.69 Å². The average Bonchev–Trinajstić information content (AvgIpc) is 2.55. The van der Waals surface area contributed by atoms with Crippen molar-refractivity contribution in [3.63, 3.8) is 0 Å². The highest BCUT2D eigenvalue weighted by molar-refractivity contribution is 14.1. The fourth-order valence-electron chi connectivity index (χ4n) is 1.84. The Morgan fingerprint density at radius 3 is 2.30 bits per heavy atom. The predicted molar refractivity (Wildman–Crippen MR) is 96.0 cm³/mol. The first-order chi connectivity index (χ1) is 11.0. The van der Waals surface area contributed by atoms with Crippen molar-refractivity contribution in [2.75, 3.05) is 26.6 Å². The number of nitrogens with zero attached hydrogens (tertiary/aromatic N) is 1. The molecule has 0 saturated heterocycles. The highest BCUT2D eigenvalue weighted by atomic mass is 127. The Morgan fingerprint density at radius 2 is 1.74 bits per heavy atom. The molecule has 0 unspecified atom stereocenters. The van der Waals surface area contributed by atoms with Crippen molar-refractivity contribution < 1.29 is 19.0 Å². The van der Waals surface area contributed by atoms with E-state index in [4.69, 9.17) is 25.8 Å². The molecule has 1 N–H and O–H groups in total. The molecule has 6 nitrogen and oxygen atoms in total. The molecule has 1 amide bonds. The summed E-state index contributed by atoms with van der Waals surface area (Å²) in [6, 6.07) is 6.42. The van der Waals surface area contributed by atoms with Crippen molar-refractivity contribution >= 4 is 45.8 Å². The van der Waals surface area contributed by atoms with Crippen LogP contribution in [0, 0.1) is 3.70 Å². The molecule has 1 aromatic carbocycles. The van der Waals surface area contributed by atoms with Crippen molar-refractivity contribution in [1.82, 2.24) is 4.98 Å². The number of benzene rings is 1. The lowest BCUT2D eigenvalue weighted by Crippen LogP contribution is -2.15. The molecule has 2 rings (SSSR count). The minimum Gasteiger partial charge on any atom is -0.495 e. The maximum atomic E-state index is 12.4. The molecule has 8 heteroatoms. The maximum Gasteiger partial charge on any atom is 0.274 e. The molecule has 122 valence electrons. The maximum absolute atomic E-state index is 12.4. The van der Waals surface area contributed by atoms with Crippen molar-refractivity contribution in [3.8, 4) is 17.2 Å². The van der Waals surface area contributed by atoms with Crippen LogP contribution in [-0.2, 0) is 0 Å². The van der Waals surface area contributed by atoms with Crippen LogP contribution < -0.4 is 19.5 Å². The number of carbonyl (C=O) groups excluding carboxylic acids is 1. The SMILES string of the molecule is COc1cc(NC(=O)c2ccc(OC)c(I)n2)c(OC)cc1Cl. The fraction of sp³-hybridized carbons (Fsp3) is 0.200. The number of rotatable bonds is 5. The van der Waals surface area contributed by atoms with Crippen LogP contribution in [0.5, 0.6) is 17.2 Å². The first-order valence-corrected chi connectivity index (χ1v) is 7.89. The Balaban J connectivity index is 2.31. The van der Waals surface area contributed by atoms with Gasteiger partial charge in [0, 0.05) is 12.1 Å². The van der Waals surface area contributed by atoms with E-state index in [-0.39, 0.29) is 11.6 Å². The third-order valence-electron chi connectivity index (χ3n) is 2.99. The van der Waals surface area contributed by atoms with Crippen molar-refractivity contribution in [3.05, 3.63) is 38.7 Å². The second-order valence-electron chi connectivity index (χ2n) is 4.33. The van der Waals surface area contributed by atoms with Crippen LogP contribution in [0.25, 0.3) is 0 Å². The van der Waals surface area contributed by atoms with E-state index in [2.05, 4.69) is 10.3 Å². The number of hydrogen-bond donors (Lipinski definition) is 1. The third-order valence-corrected chi connectivity index (χ3v) is 4.06. The van der Waals surface area contributed by atoms with Crippen molar-refractivity contribution in [2.45, 2.75) is 0 Å². The zero-order chi connectivity index (χ0) is 17.0. The number of aromatic nitrogens is 1. The number of hydrogen-bond acceptors (Lipinski definition) is 5. The van der Waals surface area contributed by atoms with Crippen molar-refractivity contribution in [2.24, 2.45) is 0 Å². The molecule has 0 aliphatic rings. The van der Waals surface area contributed by atoms with Crippen LogP contribution in [0.1, 0.15) is 10.5 Å². The Hall–Kier alpha value is -1.74. The summed E-state index contributed by atoms with van der Waals surface area (Å²) < 4.78 is 16.1. The lowest BCUT2D eigenvalue weighted by molar-refractivity contribution is 0.102. The van der Waals surface area contributed by atoms with Crippen molar-refractivity contribution in [1.29, 1.82) is 0 Å². The van der Waals surface area contributed by atoms with Gasteiger partial charge in [0.05, 0.1) is 32.0 Å². The summed E-state index contributed by atoms with van der Waals surface area (Å²) in [5.41, 5.74) is 0.692. The highest BCUT2D eigenvalue weighted by Crippen LogP contribution is 2.36. The molecule has 0 radical (unpaired) electrons. The second kappa shape index (κ2) is 7.69. The Kier molecular flexibility index (Phi) is 5.89. The van der Waals surface area contributed by atoms with Gasteiger partial charge in [-0.3, -0.25) is 4.79 Å². The quantitative estimate of drug-likeness (QED) is 0.559. The molecule has 23 heavy (non-hydrogen) atoms. The summed E-state index contributed by atoms with van der Waals surface area (Å²) in [5, 5.41) is 3.12. The number of pyridine rings is 1. The van der Waals surface area contributed by atoms with Crippen LogP contribution >= 0.6 is 34.2 Å². The van der Waals surface area contributed by atoms with E-state index in [9.17, 15) is 4.79 Å². The van der Waals surface area contributed by atoms with Gasteiger partial charge < -0.3 is 19.5 Å². The number of methoxy groups -OCH3 is 3. The molecule has 0 atom stereocenters. The highest BCUT2D eigenvalue weighted by Gasteiger charge is 2.15. The summed E-state index contributed by atoms with van der Waals surface area (Å²) in [6.07, 6.45) is 0. The van der Waals surface area contributed by atoms with Crippen LogP contribution in [0.15, 0.2) is 24.3 Å². The normalized spacial score (nSPS) is 10.1. The standard InChI is InChI=1S/C15H14ClIN2O4/c1-21-11-5-4-9(18-14(11)17)15(20)19-10-7-12(22-2)8(16)6-13(10)23-3/h4-7H,1-3H3,(H,19,20). The summed E-state index contributed by atoms with van der Waals surface area (Å²) in [5.74, 6) is 1.08. The number of anilines is 1. The Morgan fingerprint density at radius 1 is 1.09 bits per heavy atom. The van der Waals surface area contributed by atoms with Gasteiger partial charge in [-0.2, -0.15) is 0 Å². The van der Waals surface area contributed by atoms with Gasteiger partial charge in [0.25, 0.3) is 5.91 Å². The first kappa shape index (κ1) is 17.6. The van der Waals surface area contributed by atoms with E-state index in [1.54, 1.807) is 31.4 Å². The molecule has 0 aliphatic carbocycles. The Bertz CT molecular complexity index is 740. The monoisotopic (exact) mass is 448 g/mol. The van der Waals surface area contributed by atoms with Gasteiger partial charge in [-0.25, -0.2) is 4.98 Å². The van der Waals surface area contributed by atoms with E-state index in [1.165, 1.54) is 14.2 Å². The molecule has 0 aliphatic heterocycles. The minimum absolute atomic E-state index is 0.256. The van der Waals surface area contributed by atoms with Gasteiger partial charge in [0.2, 0.25) is 0 Å². The molecule has 0 spiro atoms. The molecule has 0 fully saturated rings. The molecule has 0 bridgehead atoms. The van der Waals surface area contributed by atoms with E-state index < -0.39 is 0 Å². The molecular formula is C15H14ClIN2O4. The van der Waals surface area contributed by atoms with Gasteiger partial charge in [-0.1, -0.05) is 11.6 Å². The molecule has 1 aromatic heterocycles. The third kappa shape index (κ3) is 3.97. The first-order valence-electron chi connectivity index (χ1n) is 6.43. The number of carbonyl (C=O) groups is 1. The predicted octanol–water partition coefficient (Wildman–Crippen LogP) is 3.62. The molecule has 1 heterocycles. The van der Waals surface area contributed by atoms with Gasteiger partial charge in [0.1, 0.15) is 20.9 Å². The van der Waals surface area contributed by atoms with Gasteiger partial charge in [-0.05, 0) is 34.7 Å². The number of nitrogens with one attached hydrogen (secondary N) is 1. The van der Waals surface area contributed by atoms with E-state index in [0.29, 0.717) is 31.7 Å². The van der Waals surface area contributed by atoms with E-state index >= 15 is 0 Å². The van der Waals surface area contributed by atoms with Gasteiger partial charge in [0.15, 0.2) is 5.75 Å². The van der Waals surface area contributed by atoms with E-state index in [0.717, 1.165) is 0 Å². The summed E-state index contributed by atoms with van der Waals surface area (Å²) in [6.45, 7) is 0. The fourth-order valence-corrected chi connectivity index (χ4v) is 2.74. The number of ether oxygens (including phenoxy) is 3. The lowest BCUT2D eigenvalue weighted by Gasteiger charge is -2.13. The van der Waals surface area contributed by atoms with E-state index in [1.807, 2.05) is 22.6 Å². The summed E-state index contributed by atoms with van der Waals surface area (Å²) >= 11 is 8.04. The Labute approximate surface area is 152 Å². The second-order valence-corrected chi connectivity index (χ2v) is 5.76. The van der Waals surface area contributed by atoms with Crippen LogP contribution in [0.2, 0.25) is 5.02 Å². The van der Waals surface area contributed by atoms with Gasteiger partial charge in [-0.15, -0.1) is 0 Å². The molecular weight excluding hydrogens is 435 g/mol. The van der Waals surface area contributed by atoms with Crippen LogP contribution in [0.3, 0.4) is 0 Å². The smallest absolute Gasteiger partial charge is 0.274 e. The minimum atomic E-state index is -0.381. The van der Waals surface area contributed by atoms with Gasteiger partial charge >= 0.3 is 0 Å². The number of halogens is 2. The van der Waals surface area contributed by atoms with Crippen LogP contribution in [-0.4, -0.2) is 32.2 Å². The largest absolute Gasteiger partial charge is 0.495 e. The topological polar surface area (TPSA) is 69.7 Å². The average molecular weight is 449 g/mol. The molecule has 0 saturated carbocycles. The molecule has 2 aromatic rings. The number of amides is 1.